The van der Waals surface area contributed by atoms with Gasteiger partial charge in [0.05, 0.1) is 10.6 Å². The predicted molar refractivity (Wildman–Crippen MR) is 66.6 cm³/mol. The van der Waals surface area contributed by atoms with Crippen LogP contribution >= 0.6 is 11.6 Å². The first-order chi connectivity index (χ1) is 7.97. The molecule has 0 radical (unpaired) electrons. The van der Waals surface area contributed by atoms with Gasteiger partial charge in [-0.3, -0.25) is 4.79 Å². The second-order valence-corrected chi connectivity index (χ2v) is 4.54. The Morgan fingerprint density at radius 1 is 1.53 bits per heavy atom. The van der Waals surface area contributed by atoms with Crippen LogP contribution in [0.4, 0.5) is 4.39 Å². The Morgan fingerprint density at radius 2 is 2.18 bits per heavy atom. The summed E-state index contributed by atoms with van der Waals surface area (Å²) in [6, 6.07) is 3.99. The number of hydrogen-bond acceptors (Lipinski definition) is 2. The fourth-order valence-corrected chi connectivity index (χ4v) is 1.63. The van der Waals surface area contributed by atoms with Crippen molar-refractivity contribution in [2.75, 3.05) is 6.54 Å². The Labute approximate surface area is 105 Å². The van der Waals surface area contributed by atoms with E-state index in [1.807, 2.05) is 13.8 Å². The van der Waals surface area contributed by atoms with Crippen LogP contribution in [0.5, 0.6) is 0 Å². The van der Waals surface area contributed by atoms with Crippen molar-refractivity contribution in [3.8, 4) is 0 Å². The molecule has 3 nitrogen and oxygen atoms in total. The maximum Gasteiger partial charge on any atom is 0.253 e. The van der Waals surface area contributed by atoms with E-state index in [1.54, 1.807) is 0 Å². The first-order valence-corrected chi connectivity index (χ1v) is 5.80. The van der Waals surface area contributed by atoms with Gasteiger partial charge in [-0.1, -0.05) is 31.5 Å². The van der Waals surface area contributed by atoms with Crippen molar-refractivity contribution < 1.29 is 9.18 Å². The molecule has 3 N–H and O–H groups in total. The van der Waals surface area contributed by atoms with Crippen LogP contribution in [-0.2, 0) is 0 Å². The van der Waals surface area contributed by atoms with Gasteiger partial charge in [-0.05, 0) is 18.1 Å². The van der Waals surface area contributed by atoms with Crippen LogP contribution in [0.2, 0.25) is 5.02 Å². The summed E-state index contributed by atoms with van der Waals surface area (Å²) in [5.41, 5.74) is 5.68. The third-order valence-electron chi connectivity index (χ3n) is 2.57. The SMILES string of the molecule is CC(C)C(CN)NC(=O)c1cccc(F)c1Cl. The highest BCUT2D eigenvalue weighted by atomic mass is 35.5. The van der Waals surface area contributed by atoms with E-state index in [1.165, 1.54) is 18.2 Å². The Balaban J connectivity index is 2.86. The number of benzene rings is 1. The average Bonchev–Trinajstić information content (AvgIpc) is 2.28. The molecule has 5 heteroatoms. The van der Waals surface area contributed by atoms with E-state index in [9.17, 15) is 9.18 Å². The molecule has 1 aromatic carbocycles. The highest BCUT2D eigenvalue weighted by Crippen LogP contribution is 2.19. The van der Waals surface area contributed by atoms with Crippen LogP contribution in [0.25, 0.3) is 0 Å². The number of hydrogen-bond donors (Lipinski definition) is 2. The van der Waals surface area contributed by atoms with Gasteiger partial charge >= 0.3 is 0 Å². The fourth-order valence-electron chi connectivity index (χ4n) is 1.42. The van der Waals surface area contributed by atoms with E-state index in [4.69, 9.17) is 17.3 Å². The van der Waals surface area contributed by atoms with E-state index in [-0.39, 0.29) is 22.5 Å². The normalized spacial score (nSPS) is 12.6. The molecule has 0 aliphatic rings. The van der Waals surface area contributed by atoms with Crippen molar-refractivity contribution in [1.82, 2.24) is 5.32 Å². The number of carbonyl (C=O) groups excluding carboxylic acids is 1. The van der Waals surface area contributed by atoms with Gasteiger partial charge in [0.25, 0.3) is 5.91 Å². The number of nitrogens with one attached hydrogen (secondary N) is 1. The molecule has 1 atom stereocenters. The zero-order valence-electron chi connectivity index (χ0n) is 9.84. The lowest BCUT2D eigenvalue weighted by Gasteiger charge is -2.20. The minimum absolute atomic E-state index is 0.130. The molecular weight excluding hydrogens is 243 g/mol. The number of carbonyl (C=O) groups is 1. The molecule has 0 bridgehead atoms. The van der Waals surface area contributed by atoms with Gasteiger partial charge in [-0.2, -0.15) is 0 Å². The molecule has 17 heavy (non-hydrogen) atoms. The van der Waals surface area contributed by atoms with Crippen molar-refractivity contribution in [2.24, 2.45) is 11.7 Å². The van der Waals surface area contributed by atoms with Gasteiger partial charge in [0.1, 0.15) is 5.82 Å². The first-order valence-electron chi connectivity index (χ1n) is 5.42. The molecule has 1 unspecified atom stereocenters. The largest absolute Gasteiger partial charge is 0.348 e. The summed E-state index contributed by atoms with van der Waals surface area (Å²) in [6.07, 6.45) is 0. The molecule has 0 aliphatic heterocycles. The van der Waals surface area contributed by atoms with Gasteiger partial charge in [-0.25, -0.2) is 4.39 Å². The predicted octanol–water partition coefficient (Wildman–Crippen LogP) is 2.19. The molecule has 0 aliphatic carbocycles. The highest BCUT2D eigenvalue weighted by Gasteiger charge is 2.18. The number of halogens is 2. The molecular formula is C12H16ClFN2O. The molecule has 0 saturated carbocycles. The summed E-state index contributed by atoms with van der Waals surface area (Å²) in [7, 11) is 0. The Kier molecular flexibility index (Phi) is 4.90. The van der Waals surface area contributed by atoms with Gasteiger partial charge in [-0.15, -0.1) is 0 Å². The van der Waals surface area contributed by atoms with E-state index < -0.39 is 11.7 Å². The third-order valence-corrected chi connectivity index (χ3v) is 2.96. The van der Waals surface area contributed by atoms with E-state index >= 15 is 0 Å². The highest BCUT2D eigenvalue weighted by molar-refractivity contribution is 6.34. The van der Waals surface area contributed by atoms with Crippen LogP contribution in [0.15, 0.2) is 18.2 Å². The lowest BCUT2D eigenvalue weighted by molar-refractivity contribution is 0.0927. The average molecular weight is 259 g/mol. The zero-order valence-corrected chi connectivity index (χ0v) is 10.6. The number of nitrogens with two attached hydrogens (primary N) is 1. The van der Waals surface area contributed by atoms with E-state index in [0.717, 1.165) is 0 Å². The maximum absolute atomic E-state index is 13.2. The van der Waals surface area contributed by atoms with Crippen LogP contribution in [-0.4, -0.2) is 18.5 Å². The molecule has 1 amide bonds. The first kappa shape index (κ1) is 13.9. The summed E-state index contributed by atoms with van der Waals surface area (Å²) in [6.45, 7) is 4.23. The topological polar surface area (TPSA) is 55.1 Å². The Morgan fingerprint density at radius 3 is 2.71 bits per heavy atom. The van der Waals surface area contributed by atoms with Crippen LogP contribution in [0.3, 0.4) is 0 Å². The minimum atomic E-state index is -0.604. The molecule has 94 valence electrons. The molecule has 0 saturated heterocycles. The van der Waals surface area contributed by atoms with Gasteiger partial charge in [0.15, 0.2) is 0 Å². The molecule has 1 rings (SSSR count). The quantitative estimate of drug-likeness (QED) is 0.870. The summed E-state index contributed by atoms with van der Waals surface area (Å²) in [5.74, 6) is -0.803. The van der Waals surface area contributed by atoms with Crippen molar-refractivity contribution in [2.45, 2.75) is 19.9 Å². The van der Waals surface area contributed by atoms with E-state index in [2.05, 4.69) is 5.32 Å². The zero-order chi connectivity index (χ0) is 13.0. The smallest absolute Gasteiger partial charge is 0.253 e. The molecule has 0 aromatic heterocycles. The maximum atomic E-state index is 13.2. The van der Waals surface area contributed by atoms with Crippen LogP contribution in [0.1, 0.15) is 24.2 Å². The standard InChI is InChI=1S/C12H16ClFN2O/c1-7(2)10(6-15)16-12(17)8-4-3-5-9(14)11(8)13/h3-5,7,10H,6,15H2,1-2H3,(H,16,17). The fraction of sp³-hybridized carbons (Fsp3) is 0.417. The van der Waals surface area contributed by atoms with E-state index in [0.29, 0.717) is 6.54 Å². The molecule has 1 aromatic rings. The van der Waals surface area contributed by atoms with Crippen LogP contribution in [0, 0.1) is 11.7 Å². The summed E-state index contributed by atoms with van der Waals surface area (Å²) in [4.78, 5) is 11.9. The molecule has 0 fully saturated rings. The van der Waals surface area contributed by atoms with Crippen molar-refractivity contribution in [1.29, 1.82) is 0 Å². The Bertz CT molecular complexity index is 409. The number of amides is 1. The monoisotopic (exact) mass is 258 g/mol. The van der Waals surface area contributed by atoms with Gasteiger partial charge < -0.3 is 11.1 Å². The molecule has 0 heterocycles. The second-order valence-electron chi connectivity index (χ2n) is 4.16. The third kappa shape index (κ3) is 3.41. The Hall–Kier alpha value is -1.13. The van der Waals surface area contributed by atoms with Crippen LogP contribution < -0.4 is 11.1 Å². The van der Waals surface area contributed by atoms with Crippen molar-refractivity contribution >= 4 is 17.5 Å². The lowest BCUT2D eigenvalue weighted by atomic mass is 10.0. The lowest BCUT2D eigenvalue weighted by Crippen LogP contribution is -2.43. The van der Waals surface area contributed by atoms with Crippen molar-refractivity contribution in [3.05, 3.63) is 34.6 Å². The van der Waals surface area contributed by atoms with Crippen molar-refractivity contribution in [3.63, 3.8) is 0 Å². The minimum Gasteiger partial charge on any atom is -0.348 e. The number of rotatable bonds is 4. The summed E-state index contributed by atoms with van der Waals surface area (Å²) < 4.78 is 13.2. The van der Waals surface area contributed by atoms with Gasteiger partial charge in [0, 0.05) is 12.6 Å². The van der Waals surface area contributed by atoms with Gasteiger partial charge in [0.2, 0.25) is 0 Å². The summed E-state index contributed by atoms with van der Waals surface area (Å²) in [5, 5.41) is 2.57. The second kappa shape index (κ2) is 5.98. The molecule has 0 spiro atoms. The summed E-state index contributed by atoms with van der Waals surface area (Å²) >= 11 is 5.73.